The van der Waals surface area contributed by atoms with E-state index in [2.05, 4.69) is 166 Å². The molecule has 0 amide bonds. The fourth-order valence-corrected chi connectivity index (χ4v) is 9.34. The second-order valence-electron chi connectivity index (χ2n) is 15.3. The van der Waals surface area contributed by atoms with Gasteiger partial charge in [0.2, 0.25) is 0 Å². The van der Waals surface area contributed by atoms with Crippen LogP contribution in [0.4, 0.5) is 5.69 Å². The number of benzene rings is 3. The van der Waals surface area contributed by atoms with Gasteiger partial charge in [0.15, 0.2) is 11.6 Å². The molecule has 3 aromatic carbocycles. The summed E-state index contributed by atoms with van der Waals surface area (Å²) in [6.07, 6.45) is 29.2. The molecule has 0 radical (unpaired) electrons. The van der Waals surface area contributed by atoms with Gasteiger partial charge in [0.05, 0.1) is 6.04 Å². The molecular weight excluding hydrogens is 729 g/mol. The van der Waals surface area contributed by atoms with Crippen LogP contribution in [-0.4, -0.2) is 15.0 Å². The second-order valence-corrected chi connectivity index (χ2v) is 16.4. The first-order valence-corrected chi connectivity index (χ1v) is 20.9. The van der Waals surface area contributed by atoms with Gasteiger partial charge < -0.3 is 9.32 Å². The minimum Gasteiger partial charge on any atom is -0.459 e. The van der Waals surface area contributed by atoms with E-state index in [-0.39, 0.29) is 23.8 Å². The number of hydrogen-bond donors (Lipinski definition) is 0. The average Bonchev–Trinajstić information content (AvgIpc) is 3.35. The molecule has 58 heavy (non-hydrogen) atoms. The summed E-state index contributed by atoms with van der Waals surface area (Å²) in [6, 6.07) is 27.6. The summed E-state index contributed by atoms with van der Waals surface area (Å²) < 4.78 is 6.90. The molecule has 4 heterocycles. The summed E-state index contributed by atoms with van der Waals surface area (Å²) in [4.78, 5) is 20.5. The molecule has 4 unspecified atom stereocenters. The topological polar surface area (TPSA) is 55.1 Å². The number of furan rings is 1. The number of allylic oxidation sites excluding steroid dienone is 13. The summed E-state index contributed by atoms with van der Waals surface area (Å²) in [5.74, 6) is 4.00. The molecule has 2 aliphatic heterocycles. The normalized spacial score (nSPS) is 20.8. The van der Waals surface area contributed by atoms with Crippen molar-refractivity contribution in [3.63, 3.8) is 0 Å². The molecule has 286 valence electrons. The Morgan fingerprint density at radius 3 is 2.52 bits per heavy atom. The van der Waals surface area contributed by atoms with Gasteiger partial charge in [0, 0.05) is 61.2 Å². The first kappa shape index (κ1) is 37.3. The first-order chi connectivity index (χ1) is 28.4. The van der Waals surface area contributed by atoms with Crippen molar-refractivity contribution in [2.24, 2.45) is 0 Å². The third-order valence-electron chi connectivity index (χ3n) is 11.4. The van der Waals surface area contributed by atoms with Gasteiger partial charge in [-0.3, -0.25) is 0 Å². The van der Waals surface area contributed by atoms with Gasteiger partial charge in [0.1, 0.15) is 17.3 Å². The maximum atomic E-state index is 6.90. The Kier molecular flexibility index (Phi) is 10.3. The van der Waals surface area contributed by atoms with Gasteiger partial charge in [-0.15, -0.1) is 0 Å². The van der Waals surface area contributed by atoms with Crippen LogP contribution in [0, 0.1) is 0 Å². The summed E-state index contributed by atoms with van der Waals surface area (Å²) in [7, 11) is 0. The number of fused-ring (bicyclic) bond motifs is 7. The van der Waals surface area contributed by atoms with E-state index in [1.807, 2.05) is 31.2 Å². The Morgan fingerprint density at radius 2 is 1.67 bits per heavy atom. The molecule has 0 saturated carbocycles. The van der Waals surface area contributed by atoms with Crippen LogP contribution >= 0.6 is 11.8 Å². The van der Waals surface area contributed by atoms with Gasteiger partial charge in [-0.25, -0.2) is 15.0 Å². The predicted molar refractivity (Wildman–Crippen MR) is 241 cm³/mol. The number of anilines is 1. The SMILES string of the molecule is C=C/C(C)=C/C=C\C(C)c1nc(C2=CC(N3c4ccccc4C(C)/C=C\c4c(oc5c4CC=CC=C5)C3C)=CC3C=C2Sc2ccccc23)nc(-c2ccccc2)n1. The molecule has 2 aromatic heterocycles. The number of hydrogen-bond acceptors (Lipinski definition) is 6. The summed E-state index contributed by atoms with van der Waals surface area (Å²) in [5, 5.41) is 0. The highest BCUT2D eigenvalue weighted by Gasteiger charge is 2.34. The van der Waals surface area contributed by atoms with Crippen LogP contribution in [0.3, 0.4) is 0 Å². The number of aromatic nitrogens is 3. The quantitative estimate of drug-likeness (QED) is 0.154. The maximum absolute atomic E-state index is 6.90. The summed E-state index contributed by atoms with van der Waals surface area (Å²) in [5.41, 5.74) is 10.1. The van der Waals surface area contributed by atoms with E-state index in [4.69, 9.17) is 19.4 Å². The van der Waals surface area contributed by atoms with E-state index < -0.39 is 0 Å². The molecule has 0 fully saturated rings. The zero-order valence-corrected chi connectivity index (χ0v) is 34.2. The van der Waals surface area contributed by atoms with Crippen molar-refractivity contribution in [2.75, 3.05) is 4.90 Å². The van der Waals surface area contributed by atoms with Crippen LogP contribution in [0.2, 0.25) is 0 Å². The Balaban J connectivity index is 1.27. The van der Waals surface area contributed by atoms with Gasteiger partial charge in [-0.05, 0) is 61.8 Å². The second kappa shape index (κ2) is 16.0. The molecule has 4 atom stereocenters. The molecule has 5 aromatic rings. The lowest BCUT2D eigenvalue weighted by atomic mass is 9.95. The van der Waals surface area contributed by atoms with Crippen molar-refractivity contribution < 1.29 is 4.42 Å². The molecule has 2 aliphatic carbocycles. The van der Waals surface area contributed by atoms with Crippen molar-refractivity contribution in [3.05, 3.63) is 214 Å². The van der Waals surface area contributed by atoms with Crippen molar-refractivity contribution in [1.29, 1.82) is 0 Å². The maximum Gasteiger partial charge on any atom is 0.164 e. The highest BCUT2D eigenvalue weighted by molar-refractivity contribution is 8.03. The van der Waals surface area contributed by atoms with Crippen LogP contribution in [0.5, 0.6) is 0 Å². The molecule has 0 N–H and O–H groups in total. The Bertz CT molecular complexity index is 2670. The number of nitrogens with zero attached hydrogens (tertiary/aromatic N) is 4. The van der Waals surface area contributed by atoms with Gasteiger partial charge in [0.25, 0.3) is 0 Å². The highest BCUT2D eigenvalue weighted by Crippen LogP contribution is 2.50. The lowest BCUT2D eigenvalue weighted by molar-refractivity contribution is 0.465. The fourth-order valence-electron chi connectivity index (χ4n) is 8.16. The van der Waals surface area contributed by atoms with Crippen LogP contribution in [0.1, 0.15) is 96.9 Å². The number of rotatable bonds is 7. The lowest BCUT2D eigenvalue weighted by Gasteiger charge is -2.34. The van der Waals surface area contributed by atoms with Crippen molar-refractivity contribution >= 4 is 35.2 Å². The molecular formula is C52H46N4OS. The molecule has 0 spiro atoms. The van der Waals surface area contributed by atoms with E-state index in [0.717, 1.165) is 56.5 Å². The Labute approximate surface area is 346 Å². The third kappa shape index (κ3) is 7.14. The molecule has 5 nitrogen and oxygen atoms in total. The van der Waals surface area contributed by atoms with Crippen LogP contribution < -0.4 is 4.90 Å². The summed E-state index contributed by atoms with van der Waals surface area (Å²) in [6.45, 7) is 12.7. The average molecular weight is 775 g/mol. The summed E-state index contributed by atoms with van der Waals surface area (Å²) >= 11 is 1.79. The number of para-hydroxylation sites is 1. The van der Waals surface area contributed by atoms with Crippen LogP contribution in [-0.2, 0) is 6.42 Å². The molecule has 4 aliphatic rings. The minimum absolute atomic E-state index is 0.0243. The number of thioether (sulfide) groups is 1. The third-order valence-corrected chi connectivity index (χ3v) is 12.5. The van der Waals surface area contributed by atoms with Crippen molar-refractivity contribution in [2.45, 2.75) is 62.8 Å². The Morgan fingerprint density at radius 1 is 0.897 bits per heavy atom. The van der Waals surface area contributed by atoms with Gasteiger partial charge >= 0.3 is 0 Å². The Hall–Kier alpha value is -6.24. The van der Waals surface area contributed by atoms with Crippen molar-refractivity contribution in [3.8, 4) is 11.4 Å². The molecule has 9 rings (SSSR count). The van der Waals surface area contributed by atoms with Crippen molar-refractivity contribution in [1.82, 2.24) is 15.0 Å². The van der Waals surface area contributed by atoms with E-state index in [0.29, 0.717) is 17.5 Å². The van der Waals surface area contributed by atoms with Gasteiger partial charge in [-0.1, -0.05) is 165 Å². The predicted octanol–water partition coefficient (Wildman–Crippen LogP) is 13.5. The largest absolute Gasteiger partial charge is 0.459 e. The van der Waals surface area contributed by atoms with Crippen LogP contribution in [0.25, 0.3) is 29.1 Å². The van der Waals surface area contributed by atoms with E-state index in [1.165, 1.54) is 21.6 Å². The minimum atomic E-state index is -0.156. The standard InChI is InChI=1S/C52H46N4OS/c1-6-33(2)18-17-19-35(4)50-53-51(37-20-9-7-10-21-37)55-52(54-50)44-32-39(30-38-31-48(44)58-47-27-16-14-23-41(38)47)56-36(5)49-43(42-24-11-8-12-26-46(42)57-49)29-28-34(3)40-22-13-15-25-45(40)56/h6-23,25-32,34-36,38H,1,24H2,2-5H3/b19-17-,29-28-,33-18+. The fraction of sp³-hybridized carbons (Fsp3) is 0.173. The monoisotopic (exact) mass is 774 g/mol. The zero-order valence-electron chi connectivity index (χ0n) is 33.3. The zero-order chi connectivity index (χ0) is 39.8. The molecule has 2 bridgehead atoms. The van der Waals surface area contributed by atoms with E-state index >= 15 is 0 Å². The molecule has 0 saturated heterocycles. The van der Waals surface area contributed by atoms with E-state index in [1.54, 1.807) is 11.8 Å². The lowest BCUT2D eigenvalue weighted by Crippen LogP contribution is -2.27. The van der Waals surface area contributed by atoms with Crippen LogP contribution in [0.15, 0.2) is 178 Å². The first-order valence-electron chi connectivity index (χ1n) is 20.1. The highest BCUT2D eigenvalue weighted by atomic mass is 32.2. The van der Waals surface area contributed by atoms with E-state index in [9.17, 15) is 0 Å². The molecule has 6 heteroatoms. The van der Waals surface area contributed by atoms with Gasteiger partial charge in [-0.2, -0.15) is 0 Å². The smallest absolute Gasteiger partial charge is 0.164 e.